The van der Waals surface area contributed by atoms with Gasteiger partial charge in [-0.1, -0.05) is 19.6 Å². The van der Waals surface area contributed by atoms with Gasteiger partial charge >= 0.3 is 6.18 Å². The van der Waals surface area contributed by atoms with Crippen molar-refractivity contribution in [3.05, 3.63) is 22.1 Å². The number of nitrogens with zero attached hydrogens (tertiary/aromatic N) is 2. The number of nitrogens with one attached hydrogen (secondary N) is 1. The van der Waals surface area contributed by atoms with Crippen LogP contribution >= 0.6 is 0 Å². The monoisotopic (exact) mass is 382 g/mol. The van der Waals surface area contributed by atoms with Crippen LogP contribution in [-0.2, 0) is 22.5 Å². The fourth-order valence-corrected chi connectivity index (χ4v) is 2.70. The summed E-state index contributed by atoms with van der Waals surface area (Å²) in [6, 6.07) is 0.306. The van der Waals surface area contributed by atoms with Crippen molar-refractivity contribution in [1.82, 2.24) is 9.78 Å². The van der Waals surface area contributed by atoms with Crippen molar-refractivity contribution in [2.75, 3.05) is 18.5 Å². The van der Waals surface area contributed by atoms with Gasteiger partial charge in [0, 0.05) is 20.7 Å². The van der Waals surface area contributed by atoms with Gasteiger partial charge in [-0.2, -0.15) is 18.3 Å². The van der Waals surface area contributed by atoms with Gasteiger partial charge in [0.05, 0.1) is 18.5 Å². The standard InChI is InChI=1S/C14H25F3N4O3Si/c1-10(8-24-18)20-11-7-19-21(9-23-5-6-25(2,3)4)13(22)12(11)14(15,16)17/h7,10,20H,5-6,8-9,18H2,1-4H3. The Bertz CT molecular complexity index is 617. The molecule has 3 N–H and O–H groups in total. The molecule has 0 saturated heterocycles. The lowest BCUT2D eigenvalue weighted by Gasteiger charge is -2.19. The van der Waals surface area contributed by atoms with Crippen LogP contribution in [0.5, 0.6) is 0 Å². The van der Waals surface area contributed by atoms with E-state index in [1.54, 1.807) is 6.92 Å². The molecule has 0 aliphatic carbocycles. The molecule has 0 aliphatic rings. The highest BCUT2D eigenvalue weighted by Crippen LogP contribution is 2.31. The van der Waals surface area contributed by atoms with E-state index in [0.717, 1.165) is 12.2 Å². The minimum atomic E-state index is -4.83. The second-order valence-corrected chi connectivity index (χ2v) is 12.6. The third kappa shape index (κ3) is 7.14. The van der Waals surface area contributed by atoms with Crippen LogP contribution in [0.25, 0.3) is 0 Å². The number of anilines is 1. The van der Waals surface area contributed by atoms with Crippen LogP contribution in [0.15, 0.2) is 11.0 Å². The Balaban J connectivity index is 2.98. The quantitative estimate of drug-likeness (QED) is 0.387. The molecule has 0 aromatic carbocycles. The molecule has 0 aliphatic heterocycles. The molecule has 0 radical (unpaired) electrons. The number of halogens is 3. The zero-order chi connectivity index (χ0) is 19.3. The molecule has 0 saturated carbocycles. The summed E-state index contributed by atoms with van der Waals surface area (Å²) in [5.41, 5.74) is -2.99. The second kappa shape index (κ2) is 8.78. The summed E-state index contributed by atoms with van der Waals surface area (Å²) in [6.07, 6.45) is -3.87. The van der Waals surface area contributed by atoms with E-state index in [1.807, 2.05) is 0 Å². The van der Waals surface area contributed by atoms with Crippen LogP contribution in [0.2, 0.25) is 25.7 Å². The minimum absolute atomic E-state index is 0.0276. The number of aromatic nitrogens is 2. The van der Waals surface area contributed by atoms with E-state index in [4.69, 9.17) is 10.6 Å². The molecule has 1 aromatic heterocycles. The first kappa shape index (κ1) is 21.6. The molecular formula is C14H25F3N4O3Si. The van der Waals surface area contributed by atoms with E-state index in [0.29, 0.717) is 11.3 Å². The molecule has 11 heteroatoms. The maximum atomic E-state index is 13.3. The fourth-order valence-electron chi connectivity index (χ4n) is 1.94. The molecule has 1 aromatic rings. The fraction of sp³-hybridized carbons (Fsp3) is 0.714. The first-order chi connectivity index (χ1) is 11.5. The lowest BCUT2D eigenvalue weighted by atomic mass is 10.2. The van der Waals surface area contributed by atoms with E-state index in [2.05, 4.69) is 34.9 Å². The molecule has 1 atom stereocenters. The number of nitrogens with two attached hydrogens (primary N) is 1. The molecule has 1 unspecified atom stereocenters. The molecule has 7 nitrogen and oxygen atoms in total. The molecule has 25 heavy (non-hydrogen) atoms. The van der Waals surface area contributed by atoms with Gasteiger partial charge in [0.25, 0.3) is 5.56 Å². The van der Waals surface area contributed by atoms with Gasteiger partial charge < -0.3 is 14.9 Å². The van der Waals surface area contributed by atoms with Crippen LogP contribution in [-0.4, -0.2) is 37.1 Å². The van der Waals surface area contributed by atoms with Crippen molar-refractivity contribution >= 4 is 13.8 Å². The van der Waals surface area contributed by atoms with E-state index in [-0.39, 0.29) is 13.3 Å². The Morgan fingerprint density at radius 1 is 1.40 bits per heavy atom. The van der Waals surface area contributed by atoms with Gasteiger partial charge in [0.2, 0.25) is 0 Å². The Morgan fingerprint density at radius 2 is 2.04 bits per heavy atom. The van der Waals surface area contributed by atoms with Gasteiger partial charge in [0.1, 0.15) is 12.3 Å². The molecule has 0 spiro atoms. The largest absolute Gasteiger partial charge is 0.423 e. The topological polar surface area (TPSA) is 91.4 Å². The number of ether oxygens (including phenoxy) is 1. The summed E-state index contributed by atoms with van der Waals surface area (Å²) in [7, 11) is -1.33. The SMILES string of the molecule is CC(CON)Nc1cnn(COCC[Si](C)(C)C)c(=O)c1C(F)(F)F. The molecule has 1 rings (SSSR count). The van der Waals surface area contributed by atoms with Gasteiger partial charge in [-0.05, 0) is 13.0 Å². The number of hydrogen-bond donors (Lipinski definition) is 2. The molecule has 0 bridgehead atoms. The maximum absolute atomic E-state index is 13.3. The van der Waals surface area contributed by atoms with Crippen LogP contribution in [0, 0.1) is 0 Å². The summed E-state index contributed by atoms with van der Waals surface area (Å²) in [6.45, 7) is 8.03. The smallest absolute Gasteiger partial charge is 0.378 e. The lowest BCUT2D eigenvalue weighted by Crippen LogP contribution is -2.34. The summed E-state index contributed by atoms with van der Waals surface area (Å²) < 4.78 is 45.9. The Kier molecular flexibility index (Phi) is 7.59. The highest BCUT2D eigenvalue weighted by molar-refractivity contribution is 6.76. The predicted molar refractivity (Wildman–Crippen MR) is 90.8 cm³/mol. The van der Waals surface area contributed by atoms with Crippen molar-refractivity contribution in [3.8, 4) is 0 Å². The predicted octanol–water partition coefficient (Wildman–Crippen LogP) is 2.27. The molecular weight excluding hydrogens is 357 g/mol. The highest BCUT2D eigenvalue weighted by atomic mass is 28.3. The minimum Gasteiger partial charge on any atom is -0.378 e. The zero-order valence-corrected chi connectivity index (χ0v) is 15.8. The average molecular weight is 382 g/mol. The first-order valence-electron chi connectivity index (χ1n) is 7.79. The van der Waals surface area contributed by atoms with Crippen molar-refractivity contribution in [1.29, 1.82) is 0 Å². The van der Waals surface area contributed by atoms with Crippen molar-refractivity contribution in [3.63, 3.8) is 0 Å². The Morgan fingerprint density at radius 3 is 2.56 bits per heavy atom. The lowest BCUT2D eigenvalue weighted by molar-refractivity contribution is -0.138. The summed E-state index contributed by atoms with van der Waals surface area (Å²) in [4.78, 5) is 16.6. The van der Waals surface area contributed by atoms with Gasteiger partial charge in [-0.25, -0.2) is 10.6 Å². The summed E-state index contributed by atoms with van der Waals surface area (Å²) >= 11 is 0. The molecule has 144 valence electrons. The number of alkyl halides is 3. The van der Waals surface area contributed by atoms with Gasteiger partial charge in [-0.15, -0.1) is 0 Å². The van der Waals surface area contributed by atoms with E-state index >= 15 is 0 Å². The summed E-state index contributed by atoms with van der Waals surface area (Å²) in [5.74, 6) is 4.90. The third-order valence-corrected chi connectivity index (χ3v) is 4.99. The summed E-state index contributed by atoms with van der Waals surface area (Å²) in [5, 5.41) is 6.29. The molecule has 1 heterocycles. The number of hydrogen-bond acceptors (Lipinski definition) is 6. The Labute approximate surface area is 145 Å². The molecule has 0 amide bonds. The van der Waals surface area contributed by atoms with Crippen LogP contribution < -0.4 is 16.8 Å². The van der Waals surface area contributed by atoms with E-state index < -0.39 is 37.1 Å². The van der Waals surface area contributed by atoms with Crippen LogP contribution in [0.1, 0.15) is 12.5 Å². The Hall–Kier alpha value is -1.43. The zero-order valence-electron chi connectivity index (χ0n) is 14.8. The van der Waals surface area contributed by atoms with Gasteiger partial charge in [-0.3, -0.25) is 4.79 Å². The van der Waals surface area contributed by atoms with E-state index in [1.165, 1.54) is 0 Å². The van der Waals surface area contributed by atoms with Crippen molar-refractivity contribution in [2.24, 2.45) is 5.90 Å². The van der Waals surface area contributed by atoms with Crippen LogP contribution in [0.4, 0.5) is 18.9 Å². The van der Waals surface area contributed by atoms with E-state index in [9.17, 15) is 18.0 Å². The maximum Gasteiger partial charge on any atom is 0.423 e. The highest BCUT2D eigenvalue weighted by Gasteiger charge is 2.38. The van der Waals surface area contributed by atoms with Crippen molar-refractivity contribution < 1.29 is 22.7 Å². The van der Waals surface area contributed by atoms with Crippen LogP contribution in [0.3, 0.4) is 0 Å². The first-order valence-corrected chi connectivity index (χ1v) is 11.5. The molecule has 0 fully saturated rings. The third-order valence-electron chi connectivity index (χ3n) is 3.29. The number of rotatable bonds is 9. The second-order valence-electron chi connectivity index (χ2n) is 6.96. The average Bonchev–Trinajstić information content (AvgIpc) is 2.43. The van der Waals surface area contributed by atoms with Crippen molar-refractivity contribution in [2.45, 2.75) is 51.6 Å². The normalized spacial score (nSPS) is 13.8. The van der Waals surface area contributed by atoms with Gasteiger partial charge in [0.15, 0.2) is 0 Å².